The zero-order valence-electron chi connectivity index (χ0n) is 6.21. The van der Waals surface area contributed by atoms with E-state index in [0.717, 1.165) is 12.2 Å². The number of hydrogen-bond donors (Lipinski definition) is 1. The molecule has 0 radical (unpaired) electrons. The van der Waals surface area contributed by atoms with Gasteiger partial charge in [0.05, 0.1) is 12.5 Å². The molecule has 1 fully saturated rings. The third-order valence-electron chi connectivity index (χ3n) is 2.11. The average Bonchev–Trinajstić information content (AvgIpc) is 2.06. The Hall–Kier alpha value is -1.12. The van der Waals surface area contributed by atoms with Gasteiger partial charge in [0, 0.05) is 24.9 Å². The third-order valence-corrected chi connectivity index (χ3v) is 2.11. The summed E-state index contributed by atoms with van der Waals surface area (Å²) in [5.41, 5.74) is 1.05. The van der Waals surface area contributed by atoms with E-state index in [0.29, 0.717) is 18.7 Å². The fraction of sp³-hybridized carbons (Fsp3) is 0.500. The molecular weight excluding hydrogens is 140 g/mol. The fourth-order valence-corrected chi connectivity index (χ4v) is 1.48. The first kappa shape index (κ1) is 6.58. The molecule has 0 aliphatic carbocycles. The van der Waals surface area contributed by atoms with Gasteiger partial charge in [-0.2, -0.15) is 0 Å². The zero-order chi connectivity index (χ0) is 7.68. The standard InChI is InChI=1S/C8H10N2O/c11-8-2-4-10-7-1-3-9-5-6(7)8/h1,3,6,10H,2,4-5H2. The van der Waals surface area contributed by atoms with Crippen LogP contribution in [0.4, 0.5) is 0 Å². The summed E-state index contributed by atoms with van der Waals surface area (Å²) in [6, 6.07) is 0. The van der Waals surface area contributed by atoms with E-state index in [1.54, 1.807) is 6.21 Å². The van der Waals surface area contributed by atoms with Gasteiger partial charge in [0.25, 0.3) is 0 Å². The van der Waals surface area contributed by atoms with Gasteiger partial charge in [0.1, 0.15) is 5.78 Å². The summed E-state index contributed by atoms with van der Waals surface area (Å²) in [4.78, 5) is 15.3. The fourth-order valence-electron chi connectivity index (χ4n) is 1.48. The highest BCUT2D eigenvalue weighted by molar-refractivity contribution is 5.88. The Balaban J connectivity index is 2.24. The number of nitrogens with zero attached hydrogens (tertiary/aromatic N) is 1. The van der Waals surface area contributed by atoms with Crippen LogP contribution in [0.5, 0.6) is 0 Å². The summed E-state index contributed by atoms with van der Waals surface area (Å²) < 4.78 is 0. The van der Waals surface area contributed by atoms with Crippen molar-refractivity contribution in [2.24, 2.45) is 10.9 Å². The number of dihydropyridines is 1. The molecule has 2 heterocycles. The van der Waals surface area contributed by atoms with E-state index in [1.807, 2.05) is 6.08 Å². The molecule has 1 N–H and O–H groups in total. The van der Waals surface area contributed by atoms with Gasteiger partial charge in [-0.1, -0.05) is 0 Å². The minimum atomic E-state index is 0.0359. The van der Waals surface area contributed by atoms with Gasteiger partial charge in [-0.15, -0.1) is 0 Å². The number of allylic oxidation sites excluding steroid dienone is 1. The van der Waals surface area contributed by atoms with E-state index < -0.39 is 0 Å². The number of carbonyl (C=O) groups excluding carboxylic acids is 1. The molecule has 2 aliphatic rings. The summed E-state index contributed by atoms with van der Waals surface area (Å²) in [6.07, 6.45) is 4.31. The number of carbonyl (C=O) groups is 1. The minimum absolute atomic E-state index is 0.0359. The first-order valence-corrected chi connectivity index (χ1v) is 3.84. The Bertz CT molecular complexity index is 242. The molecular formula is C8H10N2O. The molecule has 1 unspecified atom stereocenters. The SMILES string of the molecule is O=C1CCNC2=CC=NCC12. The van der Waals surface area contributed by atoms with E-state index in [4.69, 9.17) is 0 Å². The van der Waals surface area contributed by atoms with E-state index in [2.05, 4.69) is 10.3 Å². The lowest BCUT2D eigenvalue weighted by atomic mass is 9.93. The summed E-state index contributed by atoms with van der Waals surface area (Å²) in [5.74, 6) is 0.362. The van der Waals surface area contributed by atoms with Crippen molar-refractivity contribution >= 4 is 12.0 Å². The zero-order valence-corrected chi connectivity index (χ0v) is 6.21. The number of fused-ring (bicyclic) bond motifs is 1. The molecule has 0 aromatic rings. The molecule has 2 aliphatic heterocycles. The topological polar surface area (TPSA) is 41.5 Å². The lowest BCUT2D eigenvalue weighted by Crippen LogP contribution is -2.37. The van der Waals surface area contributed by atoms with Crippen LogP contribution in [0.2, 0.25) is 0 Å². The van der Waals surface area contributed by atoms with Crippen molar-refractivity contribution in [2.45, 2.75) is 6.42 Å². The maximum Gasteiger partial charge on any atom is 0.145 e. The Morgan fingerprint density at radius 3 is 3.36 bits per heavy atom. The van der Waals surface area contributed by atoms with E-state index in [1.165, 1.54) is 0 Å². The largest absolute Gasteiger partial charge is 0.387 e. The first-order chi connectivity index (χ1) is 5.38. The highest BCUT2D eigenvalue weighted by Crippen LogP contribution is 2.18. The van der Waals surface area contributed by atoms with Crippen molar-refractivity contribution in [2.75, 3.05) is 13.1 Å². The highest BCUT2D eigenvalue weighted by atomic mass is 16.1. The molecule has 2 rings (SSSR count). The molecule has 0 aromatic carbocycles. The van der Waals surface area contributed by atoms with Crippen LogP contribution in [0.25, 0.3) is 0 Å². The average molecular weight is 150 g/mol. The molecule has 58 valence electrons. The van der Waals surface area contributed by atoms with Crippen molar-refractivity contribution in [3.05, 3.63) is 11.8 Å². The second kappa shape index (κ2) is 2.49. The van der Waals surface area contributed by atoms with Gasteiger partial charge in [-0.25, -0.2) is 0 Å². The summed E-state index contributed by atoms with van der Waals surface area (Å²) in [6.45, 7) is 1.42. The van der Waals surface area contributed by atoms with Crippen LogP contribution in [0.1, 0.15) is 6.42 Å². The number of nitrogens with one attached hydrogen (secondary N) is 1. The second-order valence-electron chi connectivity index (χ2n) is 2.83. The number of rotatable bonds is 0. The molecule has 11 heavy (non-hydrogen) atoms. The summed E-state index contributed by atoms with van der Waals surface area (Å²) >= 11 is 0. The summed E-state index contributed by atoms with van der Waals surface area (Å²) in [7, 11) is 0. The normalized spacial score (nSPS) is 28.9. The van der Waals surface area contributed by atoms with Crippen molar-refractivity contribution in [3.63, 3.8) is 0 Å². The smallest absolute Gasteiger partial charge is 0.145 e. The van der Waals surface area contributed by atoms with Crippen LogP contribution in [0.15, 0.2) is 16.8 Å². The number of hydrogen-bond acceptors (Lipinski definition) is 3. The number of aliphatic imine (C=N–C) groups is 1. The van der Waals surface area contributed by atoms with Crippen LogP contribution < -0.4 is 5.32 Å². The van der Waals surface area contributed by atoms with Gasteiger partial charge < -0.3 is 5.32 Å². The molecule has 0 saturated carbocycles. The molecule has 0 aromatic heterocycles. The minimum Gasteiger partial charge on any atom is -0.387 e. The van der Waals surface area contributed by atoms with Crippen molar-refractivity contribution in [3.8, 4) is 0 Å². The number of Topliss-reactive ketones (excluding diaryl/α,β-unsaturated/α-hetero) is 1. The van der Waals surface area contributed by atoms with E-state index >= 15 is 0 Å². The first-order valence-electron chi connectivity index (χ1n) is 3.84. The Morgan fingerprint density at radius 2 is 2.55 bits per heavy atom. The van der Waals surface area contributed by atoms with Crippen molar-refractivity contribution in [1.29, 1.82) is 0 Å². The van der Waals surface area contributed by atoms with Gasteiger partial charge >= 0.3 is 0 Å². The van der Waals surface area contributed by atoms with Gasteiger partial charge in [-0.3, -0.25) is 9.79 Å². The second-order valence-corrected chi connectivity index (χ2v) is 2.83. The Kier molecular flexibility index (Phi) is 1.49. The predicted molar refractivity (Wildman–Crippen MR) is 42.6 cm³/mol. The van der Waals surface area contributed by atoms with Crippen LogP contribution in [-0.2, 0) is 4.79 Å². The quantitative estimate of drug-likeness (QED) is 0.533. The molecule has 0 bridgehead atoms. The maximum atomic E-state index is 11.3. The maximum absolute atomic E-state index is 11.3. The third kappa shape index (κ3) is 1.06. The molecule has 3 heteroatoms. The van der Waals surface area contributed by atoms with Crippen molar-refractivity contribution < 1.29 is 4.79 Å². The Labute approximate surface area is 65.2 Å². The van der Waals surface area contributed by atoms with Crippen LogP contribution >= 0.6 is 0 Å². The number of piperidine rings is 1. The molecule has 1 saturated heterocycles. The van der Waals surface area contributed by atoms with Crippen LogP contribution in [0.3, 0.4) is 0 Å². The van der Waals surface area contributed by atoms with Crippen molar-refractivity contribution in [1.82, 2.24) is 5.32 Å². The molecule has 3 nitrogen and oxygen atoms in total. The lowest BCUT2D eigenvalue weighted by molar-refractivity contribution is -0.122. The van der Waals surface area contributed by atoms with Gasteiger partial charge in [0.2, 0.25) is 0 Å². The van der Waals surface area contributed by atoms with E-state index in [-0.39, 0.29) is 5.92 Å². The lowest BCUT2D eigenvalue weighted by Gasteiger charge is -2.25. The van der Waals surface area contributed by atoms with Crippen LogP contribution in [0, 0.1) is 5.92 Å². The monoisotopic (exact) mass is 150 g/mol. The van der Waals surface area contributed by atoms with E-state index in [9.17, 15) is 4.79 Å². The van der Waals surface area contributed by atoms with Gasteiger partial charge in [0.15, 0.2) is 0 Å². The molecule has 0 amide bonds. The molecule has 0 spiro atoms. The predicted octanol–water partition coefficient (Wildman–Crippen LogP) is 0.133. The van der Waals surface area contributed by atoms with Gasteiger partial charge in [-0.05, 0) is 6.08 Å². The van der Waals surface area contributed by atoms with Crippen LogP contribution in [-0.4, -0.2) is 25.1 Å². The summed E-state index contributed by atoms with van der Waals surface area (Å²) in [5, 5.41) is 3.20. The Morgan fingerprint density at radius 1 is 1.64 bits per heavy atom. The highest BCUT2D eigenvalue weighted by Gasteiger charge is 2.26. The molecule has 1 atom stereocenters. The number of ketones is 1.